The first-order valence-corrected chi connectivity index (χ1v) is 12.5. The summed E-state index contributed by atoms with van der Waals surface area (Å²) in [6.45, 7) is 0.927. The van der Waals surface area contributed by atoms with E-state index in [9.17, 15) is 22.2 Å². The van der Waals surface area contributed by atoms with Crippen molar-refractivity contribution in [1.29, 1.82) is 0 Å². The Morgan fingerprint density at radius 2 is 2.00 bits per heavy atom. The molecule has 2 fully saturated rings. The summed E-state index contributed by atoms with van der Waals surface area (Å²) in [7, 11) is -0.842. The maximum atomic E-state index is 14.1. The zero-order chi connectivity index (χ0) is 24.0. The highest BCUT2D eigenvalue weighted by Crippen LogP contribution is 2.55. The molecule has 1 saturated carbocycles. The Morgan fingerprint density at radius 1 is 1.21 bits per heavy atom. The van der Waals surface area contributed by atoms with Crippen LogP contribution < -0.4 is 9.46 Å². The molecule has 3 aliphatic rings. The van der Waals surface area contributed by atoms with Crippen LogP contribution in [0.25, 0.3) is 11.1 Å². The van der Waals surface area contributed by atoms with Crippen molar-refractivity contribution < 1.29 is 26.9 Å². The number of ether oxygens (including phenoxy) is 1. The number of carbonyl (C=O) groups excluding carboxylic acids is 1. The van der Waals surface area contributed by atoms with Crippen LogP contribution >= 0.6 is 0 Å². The van der Waals surface area contributed by atoms with E-state index in [-0.39, 0.29) is 23.9 Å². The van der Waals surface area contributed by atoms with Gasteiger partial charge in [0.25, 0.3) is 0 Å². The van der Waals surface area contributed by atoms with Gasteiger partial charge in [-0.05, 0) is 48.6 Å². The fraction of sp³-hybridized carbons (Fsp3) is 0.458. The van der Waals surface area contributed by atoms with Gasteiger partial charge in [0, 0.05) is 30.6 Å². The lowest BCUT2D eigenvalue weighted by Gasteiger charge is -2.32. The number of urea groups is 1. The van der Waals surface area contributed by atoms with E-state index in [0.29, 0.717) is 30.8 Å². The molecule has 5 rings (SSSR count). The average molecular weight is 494 g/mol. The van der Waals surface area contributed by atoms with Gasteiger partial charge in [0.15, 0.2) is 11.0 Å². The maximum absolute atomic E-state index is 14.1. The largest absolute Gasteiger partial charge is 0.491 e. The van der Waals surface area contributed by atoms with Crippen LogP contribution in [0.5, 0.6) is 5.75 Å². The summed E-state index contributed by atoms with van der Waals surface area (Å²) in [5.74, 6) is -2.88. The van der Waals surface area contributed by atoms with E-state index < -0.39 is 28.8 Å². The van der Waals surface area contributed by atoms with Crippen molar-refractivity contribution >= 4 is 17.0 Å². The highest BCUT2D eigenvalue weighted by Gasteiger charge is 2.61. The third-order valence-corrected chi connectivity index (χ3v) is 7.92. The molecule has 6 nitrogen and oxygen atoms in total. The van der Waals surface area contributed by atoms with Crippen molar-refractivity contribution in [2.45, 2.75) is 37.1 Å². The number of nitrogens with zero attached hydrogens (tertiary/aromatic N) is 2. The molecule has 1 aliphatic carbocycles. The minimum absolute atomic E-state index is 0.210. The van der Waals surface area contributed by atoms with Gasteiger partial charge in [0.2, 0.25) is 0 Å². The van der Waals surface area contributed by atoms with Gasteiger partial charge in [0.05, 0.1) is 12.6 Å². The number of likely N-dealkylation sites (N-methyl/N-ethyl adjacent to an activating group) is 1. The number of fused-ring (bicyclic) bond motifs is 5. The van der Waals surface area contributed by atoms with E-state index in [1.807, 2.05) is 24.3 Å². The number of alkyl halides is 2. The van der Waals surface area contributed by atoms with Gasteiger partial charge in [-0.25, -0.2) is 18.1 Å². The van der Waals surface area contributed by atoms with Crippen LogP contribution in [0.3, 0.4) is 0 Å². The van der Waals surface area contributed by atoms with E-state index in [1.54, 1.807) is 22.9 Å². The van der Waals surface area contributed by atoms with Gasteiger partial charge >= 0.3 is 11.8 Å². The molecule has 2 bridgehead atoms. The van der Waals surface area contributed by atoms with Gasteiger partial charge < -0.3 is 14.5 Å². The standard InChI is InChI=1S/C24H26F3N3O3S/c1-29-9-10-33-20-6-5-17(25)13-18(20)16-4-2-3-15(11-16)12-19-21(28-34(32)22(26)27)24(7-8-24)14-30(19)23(29)31/h2-6,11,13,19,21-22,28H,7-10,12,14H2,1H3. The summed E-state index contributed by atoms with van der Waals surface area (Å²) >= 11 is 0. The van der Waals surface area contributed by atoms with Crippen LogP contribution in [0.4, 0.5) is 18.0 Å². The predicted molar refractivity (Wildman–Crippen MR) is 122 cm³/mol. The molecular weight excluding hydrogens is 467 g/mol. The highest BCUT2D eigenvalue weighted by molar-refractivity contribution is 7.83. The summed E-state index contributed by atoms with van der Waals surface area (Å²) in [6, 6.07) is 10.6. The summed E-state index contributed by atoms with van der Waals surface area (Å²) in [6.07, 6.45) is 1.95. The summed E-state index contributed by atoms with van der Waals surface area (Å²) in [5, 5.41) is 0. The molecule has 3 atom stereocenters. The second-order valence-corrected chi connectivity index (χ2v) is 10.5. The molecule has 0 aromatic heterocycles. The Morgan fingerprint density at radius 3 is 2.74 bits per heavy atom. The molecule has 1 saturated heterocycles. The third kappa shape index (κ3) is 4.29. The minimum atomic E-state index is -3.01. The summed E-state index contributed by atoms with van der Waals surface area (Å²) in [5.41, 5.74) is 1.87. The van der Waals surface area contributed by atoms with Crippen LogP contribution in [0, 0.1) is 11.2 Å². The van der Waals surface area contributed by atoms with Gasteiger partial charge in [-0.2, -0.15) is 8.78 Å². The smallest absolute Gasteiger partial charge is 0.325 e. The van der Waals surface area contributed by atoms with E-state index in [1.165, 1.54) is 12.1 Å². The minimum Gasteiger partial charge on any atom is -0.491 e. The molecule has 1 N–H and O–H groups in total. The Kier molecular flexibility index (Phi) is 6.05. The molecule has 1 spiro atoms. The van der Waals surface area contributed by atoms with Crippen LogP contribution in [-0.2, 0) is 17.4 Å². The fourth-order valence-corrected chi connectivity index (χ4v) is 5.92. The van der Waals surface area contributed by atoms with Crippen molar-refractivity contribution in [3.63, 3.8) is 0 Å². The lowest BCUT2D eigenvalue weighted by atomic mass is 9.91. The summed E-state index contributed by atoms with van der Waals surface area (Å²) < 4.78 is 61.1. The molecule has 2 amide bonds. The molecule has 2 heterocycles. The highest BCUT2D eigenvalue weighted by atomic mass is 32.2. The van der Waals surface area contributed by atoms with Gasteiger partial charge in [-0.3, -0.25) is 0 Å². The van der Waals surface area contributed by atoms with Crippen LogP contribution in [0.2, 0.25) is 0 Å². The number of rotatable bonds is 3. The van der Waals surface area contributed by atoms with Crippen LogP contribution in [0.15, 0.2) is 42.5 Å². The predicted octanol–water partition coefficient (Wildman–Crippen LogP) is 3.79. The zero-order valence-corrected chi connectivity index (χ0v) is 19.5. The van der Waals surface area contributed by atoms with Gasteiger partial charge in [0.1, 0.15) is 18.2 Å². The fourth-order valence-electron chi connectivity index (χ4n) is 5.16. The van der Waals surface area contributed by atoms with Crippen molar-refractivity contribution in [2.24, 2.45) is 5.41 Å². The van der Waals surface area contributed by atoms with E-state index >= 15 is 0 Å². The first kappa shape index (κ1) is 23.2. The molecule has 182 valence electrons. The normalized spacial score (nSPS) is 24.6. The third-order valence-electron chi connectivity index (χ3n) is 7.11. The number of amides is 2. The number of hydrogen-bond donors (Lipinski definition) is 1. The Hall–Kier alpha value is -2.59. The Labute approximate surface area is 198 Å². The topological polar surface area (TPSA) is 61.9 Å². The lowest BCUT2D eigenvalue weighted by Crippen LogP contribution is -2.51. The second-order valence-electron chi connectivity index (χ2n) is 9.31. The Balaban J connectivity index is 1.56. The van der Waals surface area contributed by atoms with E-state index in [2.05, 4.69) is 4.72 Å². The van der Waals surface area contributed by atoms with Crippen molar-refractivity contribution in [3.8, 4) is 16.9 Å². The second kappa shape index (κ2) is 8.88. The van der Waals surface area contributed by atoms with Crippen molar-refractivity contribution in [2.75, 3.05) is 26.7 Å². The molecule has 3 unspecified atom stereocenters. The molecule has 34 heavy (non-hydrogen) atoms. The molecule has 10 heteroatoms. The van der Waals surface area contributed by atoms with E-state index in [4.69, 9.17) is 4.74 Å². The molecule has 2 aliphatic heterocycles. The maximum Gasteiger partial charge on any atom is 0.325 e. The Bertz CT molecular complexity index is 1130. The van der Waals surface area contributed by atoms with E-state index in [0.717, 1.165) is 24.0 Å². The first-order chi connectivity index (χ1) is 16.3. The van der Waals surface area contributed by atoms with Gasteiger partial charge in [-0.15, -0.1) is 0 Å². The number of nitrogens with one attached hydrogen (secondary N) is 1. The average Bonchev–Trinajstić information content (AvgIpc) is 3.54. The van der Waals surface area contributed by atoms with Crippen LogP contribution in [-0.4, -0.2) is 64.6 Å². The summed E-state index contributed by atoms with van der Waals surface area (Å²) in [4.78, 5) is 16.7. The number of halogens is 3. The lowest BCUT2D eigenvalue weighted by molar-refractivity contribution is 0.146. The van der Waals surface area contributed by atoms with Crippen LogP contribution in [0.1, 0.15) is 18.4 Å². The zero-order valence-electron chi connectivity index (χ0n) is 18.7. The number of carbonyl (C=O) groups is 1. The molecule has 0 radical (unpaired) electrons. The van der Waals surface area contributed by atoms with Gasteiger partial charge in [-0.1, -0.05) is 24.3 Å². The quantitative estimate of drug-likeness (QED) is 0.708. The molecule has 2 aromatic carbocycles. The SMILES string of the molecule is CN1CCOc2ccc(F)cc2-c2cccc(c2)CC2C(NS(=O)C(F)F)C3(CC3)CN2C1=O. The van der Waals surface area contributed by atoms with Crippen molar-refractivity contribution in [1.82, 2.24) is 14.5 Å². The number of benzene rings is 2. The van der Waals surface area contributed by atoms with Crippen molar-refractivity contribution in [3.05, 3.63) is 53.8 Å². The number of hydrogen-bond acceptors (Lipinski definition) is 3. The first-order valence-electron chi connectivity index (χ1n) is 11.3. The monoisotopic (exact) mass is 493 g/mol. The molecular formula is C24H26F3N3O3S. The molecule has 2 aromatic rings.